The lowest BCUT2D eigenvalue weighted by Crippen LogP contribution is -2.35. The SMILES string of the molecule is Cc1ccc(-c2cc(-c3oncc3-c3ccc(CN4CCOCC4)cc3)c(O)cc2O)cc1. The van der Waals surface area contributed by atoms with E-state index in [0.29, 0.717) is 16.9 Å². The number of aromatic nitrogens is 1. The Balaban J connectivity index is 1.46. The molecule has 2 heterocycles. The van der Waals surface area contributed by atoms with Crippen LogP contribution in [0.25, 0.3) is 33.6 Å². The fourth-order valence-electron chi connectivity index (χ4n) is 4.17. The molecule has 1 aliphatic rings. The molecule has 6 nitrogen and oxygen atoms in total. The molecule has 0 unspecified atom stereocenters. The maximum absolute atomic E-state index is 10.6. The van der Waals surface area contributed by atoms with E-state index >= 15 is 0 Å². The Kier molecular flexibility index (Phi) is 5.86. The van der Waals surface area contributed by atoms with Crippen LogP contribution in [0.2, 0.25) is 0 Å². The number of morpholine rings is 1. The number of hydrogen-bond acceptors (Lipinski definition) is 6. The Labute approximate surface area is 192 Å². The highest BCUT2D eigenvalue weighted by Gasteiger charge is 2.20. The number of nitrogens with zero attached hydrogens (tertiary/aromatic N) is 2. The summed E-state index contributed by atoms with van der Waals surface area (Å²) >= 11 is 0. The third-order valence-corrected chi connectivity index (χ3v) is 6.07. The Morgan fingerprint density at radius 3 is 2.18 bits per heavy atom. The molecule has 1 aromatic heterocycles. The Morgan fingerprint density at radius 2 is 1.45 bits per heavy atom. The van der Waals surface area contributed by atoms with Gasteiger partial charge in [-0.15, -0.1) is 0 Å². The summed E-state index contributed by atoms with van der Waals surface area (Å²) in [7, 11) is 0. The van der Waals surface area contributed by atoms with Crippen molar-refractivity contribution in [3.63, 3.8) is 0 Å². The topological polar surface area (TPSA) is 79.0 Å². The standard InChI is InChI=1S/C27H26N2O4/c1-18-2-6-20(7-3-18)22-14-23(26(31)15-25(22)30)27-24(16-28-33-27)21-8-4-19(5-9-21)17-29-10-12-32-13-11-29/h2-9,14-16,30-31H,10-13,17H2,1H3. The lowest BCUT2D eigenvalue weighted by atomic mass is 9.96. The number of phenolic OH excluding ortho intramolecular Hbond substituents is 2. The number of aromatic hydroxyl groups is 2. The molecule has 0 bridgehead atoms. The Morgan fingerprint density at radius 1 is 0.818 bits per heavy atom. The van der Waals surface area contributed by atoms with Crippen molar-refractivity contribution >= 4 is 0 Å². The van der Waals surface area contributed by atoms with Gasteiger partial charge in [0.2, 0.25) is 0 Å². The molecular weight excluding hydrogens is 416 g/mol. The van der Waals surface area contributed by atoms with Gasteiger partial charge in [0.25, 0.3) is 0 Å². The first kappa shape index (κ1) is 21.2. The molecular formula is C27H26N2O4. The van der Waals surface area contributed by atoms with Crippen LogP contribution < -0.4 is 0 Å². The molecule has 0 atom stereocenters. The highest BCUT2D eigenvalue weighted by atomic mass is 16.5. The second-order valence-corrected chi connectivity index (χ2v) is 8.41. The van der Waals surface area contributed by atoms with E-state index in [9.17, 15) is 10.2 Å². The monoisotopic (exact) mass is 442 g/mol. The van der Waals surface area contributed by atoms with Gasteiger partial charge in [-0.25, -0.2) is 0 Å². The molecule has 0 aliphatic carbocycles. The third-order valence-electron chi connectivity index (χ3n) is 6.07. The number of aryl methyl sites for hydroxylation is 1. The van der Waals surface area contributed by atoms with Gasteiger partial charge in [-0.05, 0) is 29.7 Å². The molecule has 0 radical (unpaired) electrons. The number of hydrogen-bond donors (Lipinski definition) is 2. The van der Waals surface area contributed by atoms with Crippen LogP contribution in [-0.2, 0) is 11.3 Å². The largest absolute Gasteiger partial charge is 0.507 e. The summed E-state index contributed by atoms with van der Waals surface area (Å²) < 4.78 is 11.0. The van der Waals surface area contributed by atoms with Gasteiger partial charge >= 0.3 is 0 Å². The van der Waals surface area contributed by atoms with Crippen LogP contribution in [0, 0.1) is 6.92 Å². The van der Waals surface area contributed by atoms with Crippen molar-refractivity contribution in [3.05, 3.63) is 78.0 Å². The second-order valence-electron chi connectivity index (χ2n) is 8.41. The molecule has 33 heavy (non-hydrogen) atoms. The molecule has 1 fully saturated rings. The van der Waals surface area contributed by atoms with Crippen molar-refractivity contribution in [2.75, 3.05) is 26.3 Å². The van der Waals surface area contributed by atoms with Gasteiger partial charge in [0.1, 0.15) is 11.5 Å². The van der Waals surface area contributed by atoms with Crippen LogP contribution in [0.1, 0.15) is 11.1 Å². The van der Waals surface area contributed by atoms with Crippen molar-refractivity contribution in [2.45, 2.75) is 13.5 Å². The molecule has 6 heteroatoms. The number of benzene rings is 3. The maximum Gasteiger partial charge on any atom is 0.178 e. The Bertz CT molecular complexity index is 1240. The van der Waals surface area contributed by atoms with Crippen LogP contribution in [0.15, 0.2) is 71.4 Å². The van der Waals surface area contributed by atoms with Crippen LogP contribution in [-0.4, -0.2) is 46.6 Å². The van der Waals surface area contributed by atoms with Gasteiger partial charge in [-0.3, -0.25) is 4.90 Å². The average molecular weight is 443 g/mol. The number of rotatable bonds is 5. The molecule has 5 rings (SSSR count). The predicted molar refractivity (Wildman–Crippen MR) is 127 cm³/mol. The van der Waals surface area contributed by atoms with Gasteiger partial charge in [0, 0.05) is 36.8 Å². The summed E-state index contributed by atoms with van der Waals surface area (Å²) in [5, 5.41) is 25.1. The summed E-state index contributed by atoms with van der Waals surface area (Å²) in [5.74, 6) is 0.403. The maximum atomic E-state index is 10.6. The average Bonchev–Trinajstić information content (AvgIpc) is 3.31. The molecule has 4 aromatic rings. The van der Waals surface area contributed by atoms with Gasteiger partial charge < -0.3 is 19.5 Å². The van der Waals surface area contributed by atoms with Crippen molar-refractivity contribution in [1.29, 1.82) is 0 Å². The minimum absolute atomic E-state index is 0.00799. The minimum atomic E-state index is -0.0645. The predicted octanol–water partition coefficient (Wildman–Crippen LogP) is 5.23. The smallest absolute Gasteiger partial charge is 0.178 e. The first-order valence-corrected chi connectivity index (χ1v) is 11.1. The summed E-state index contributed by atoms with van der Waals surface area (Å²) in [6.07, 6.45) is 1.66. The van der Waals surface area contributed by atoms with E-state index < -0.39 is 0 Å². The van der Waals surface area contributed by atoms with Crippen LogP contribution in [0.4, 0.5) is 0 Å². The van der Waals surface area contributed by atoms with E-state index in [1.165, 1.54) is 11.6 Å². The lowest BCUT2D eigenvalue weighted by Gasteiger charge is -2.26. The van der Waals surface area contributed by atoms with E-state index in [1.807, 2.05) is 43.3 Å². The van der Waals surface area contributed by atoms with Crippen molar-refractivity contribution < 1.29 is 19.5 Å². The van der Waals surface area contributed by atoms with Crippen LogP contribution in [0.3, 0.4) is 0 Å². The van der Waals surface area contributed by atoms with Gasteiger partial charge in [0.05, 0.1) is 25.0 Å². The zero-order valence-corrected chi connectivity index (χ0v) is 18.5. The zero-order valence-electron chi connectivity index (χ0n) is 18.5. The van der Waals surface area contributed by atoms with Gasteiger partial charge in [-0.2, -0.15) is 0 Å². The molecule has 2 N–H and O–H groups in total. The fourth-order valence-corrected chi connectivity index (χ4v) is 4.17. The number of ether oxygens (including phenoxy) is 1. The minimum Gasteiger partial charge on any atom is -0.507 e. The summed E-state index contributed by atoms with van der Waals surface area (Å²) in [6, 6.07) is 19.3. The fraction of sp³-hybridized carbons (Fsp3) is 0.222. The Hall–Kier alpha value is -3.61. The van der Waals surface area contributed by atoms with Crippen LogP contribution in [0.5, 0.6) is 11.5 Å². The van der Waals surface area contributed by atoms with E-state index in [1.54, 1.807) is 12.3 Å². The molecule has 168 valence electrons. The van der Waals surface area contributed by atoms with Gasteiger partial charge in [0.15, 0.2) is 5.76 Å². The summed E-state index contributed by atoms with van der Waals surface area (Å²) in [6.45, 7) is 6.35. The third kappa shape index (κ3) is 4.49. The van der Waals surface area contributed by atoms with E-state index in [0.717, 1.165) is 55.1 Å². The van der Waals surface area contributed by atoms with E-state index in [4.69, 9.17) is 9.26 Å². The summed E-state index contributed by atoms with van der Waals surface area (Å²) in [4.78, 5) is 2.38. The molecule has 1 saturated heterocycles. The van der Waals surface area contributed by atoms with Crippen molar-refractivity contribution in [3.8, 4) is 45.1 Å². The quantitative estimate of drug-likeness (QED) is 0.441. The number of phenols is 2. The molecule has 1 aliphatic heterocycles. The molecule has 0 saturated carbocycles. The van der Waals surface area contributed by atoms with Crippen molar-refractivity contribution in [1.82, 2.24) is 10.1 Å². The second kappa shape index (κ2) is 9.10. The molecule has 0 amide bonds. The van der Waals surface area contributed by atoms with Crippen LogP contribution >= 0.6 is 0 Å². The normalized spacial score (nSPS) is 14.5. The molecule has 0 spiro atoms. The first-order chi connectivity index (χ1) is 16.1. The highest BCUT2D eigenvalue weighted by Crippen LogP contribution is 2.43. The lowest BCUT2D eigenvalue weighted by molar-refractivity contribution is 0.0342. The van der Waals surface area contributed by atoms with E-state index in [2.05, 4.69) is 22.2 Å². The van der Waals surface area contributed by atoms with Crippen molar-refractivity contribution in [2.24, 2.45) is 0 Å². The first-order valence-electron chi connectivity index (χ1n) is 11.1. The summed E-state index contributed by atoms with van der Waals surface area (Å²) in [5.41, 5.74) is 6.04. The van der Waals surface area contributed by atoms with Gasteiger partial charge in [-0.1, -0.05) is 59.3 Å². The zero-order chi connectivity index (χ0) is 22.8. The highest BCUT2D eigenvalue weighted by molar-refractivity contribution is 5.86. The molecule has 3 aromatic carbocycles. The van der Waals surface area contributed by atoms with E-state index in [-0.39, 0.29) is 11.5 Å².